The molecule has 1 fully saturated rings. The minimum atomic E-state index is 0.599. The van der Waals surface area contributed by atoms with Crippen molar-refractivity contribution in [1.29, 1.82) is 0 Å². The van der Waals surface area contributed by atoms with Gasteiger partial charge in [-0.25, -0.2) is 4.98 Å². The summed E-state index contributed by atoms with van der Waals surface area (Å²) in [4.78, 5) is 4.88. The molecule has 0 saturated heterocycles. The number of anilines is 1. The monoisotopic (exact) mass is 284 g/mol. The summed E-state index contributed by atoms with van der Waals surface area (Å²) in [5.41, 5.74) is 4.51. The van der Waals surface area contributed by atoms with Gasteiger partial charge in [-0.1, -0.05) is 12.1 Å². The normalized spacial score (nSPS) is 14.9. The Labute approximate surface area is 121 Å². The van der Waals surface area contributed by atoms with Crippen molar-refractivity contribution in [1.82, 2.24) is 13.9 Å². The van der Waals surface area contributed by atoms with Gasteiger partial charge in [0.15, 0.2) is 0 Å². The molecule has 0 amide bonds. The maximum absolute atomic E-state index is 4.88. The SMILES string of the molecule is CNc1snc(C)c1-c1nc2ccccc2n1C1CC1. The molecule has 102 valence electrons. The Morgan fingerprint density at radius 3 is 2.85 bits per heavy atom. The van der Waals surface area contributed by atoms with Crippen LogP contribution in [0.25, 0.3) is 22.4 Å². The lowest BCUT2D eigenvalue weighted by Crippen LogP contribution is -1.99. The zero-order valence-electron chi connectivity index (χ0n) is 11.6. The maximum atomic E-state index is 4.88. The van der Waals surface area contributed by atoms with Crippen LogP contribution < -0.4 is 5.32 Å². The number of rotatable bonds is 3. The molecule has 1 aromatic carbocycles. The average molecular weight is 284 g/mol. The molecule has 1 aliphatic rings. The summed E-state index contributed by atoms with van der Waals surface area (Å²) in [5.74, 6) is 1.06. The third kappa shape index (κ3) is 1.66. The quantitative estimate of drug-likeness (QED) is 0.794. The van der Waals surface area contributed by atoms with E-state index in [2.05, 4.69) is 39.4 Å². The summed E-state index contributed by atoms with van der Waals surface area (Å²) in [7, 11) is 1.95. The van der Waals surface area contributed by atoms with E-state index in [1.54, 1.807) is 0 Å². The van der Waals surface area contributed by atoms with Crippen molar-refractivity contribution in [2.75, 3.05) is 12.4 Å². The second-order valence-electron chi connectivity index (χ2n) is 5.25. The first-order chi connectivity index (χ1) is 9.79. The van der Waals surface area contributed by atoms with E-state index < -0.39 is 0 Å². The van der Waals surface area contributed by atoms with Crippen molar-refractivity contribution in [3.63, 3.8) is 0 Å². The molecule has 1 aliphatic carbocycles. The van der Waals surface area contributed by atoms with Crippen molar-refractivity contribution < 1.29 is 0 Å². The first-order valence-corrected chi connectivity index (χ1v) is 7.68. The van der Waals surface area contributed by atoms with Gasteiger partial charge in [0.25, 0.3) is 0 Å². The van der Waals surface area contributed by atoms with Gasteiger partial charge in [-0.15, -0.1) is 0 Å². The largest absolute Gasteiger partial charge is 0.378 e. The predicted octanol–water partition coefficient (Wildman–Crippen LogP) is 3.84. The number of aryl methyl sites for hydroxylation is 1. The van der Waals surface area contributed by atoms with Crippen LogP contribution in [0.15, 0.2) is 24.3 Å². The highest BCUT2D eigenvalue weighted by Gasteiger charge is 2.30. The second-order valence-corrected chi connectivity index (χ2v) is 6.02. The summed E-state index contributed by atoms with van der Waals surface area (Å²) in [5, 5.41) is 4.35. The molecule has 0 unspecified atom stereocenters. The Bertz CT molecular complexity index is 782. The fourth-order valence-electron chi connectivity index (χ4n) is 2.73. The van der Waals surface area contributed by atoms with Gasteiger partial charge in [0, 0.05) is 13.1 Å². The fraction of sp³-hybridized carbons (Fsp3) is 0.333. The number of para-hydroxylation sites is 2. The summed E-state index contributed by atoms with van der Waals surface area (Å²) < 4.78 is 6.88. The number of hydrogen-bond donors (Lipinski definition) is 1. The number of hydrogen-bond acceptors (Lipinski definition) is 4. The van der Waals surface area contributed by atoms with Gasteiger partial charge in [0.05, 0.1) is 22.3 Å². The third-order valence-corrected chi connectivity index (χ3v) is 4.78. The number of benzene rings is 1. The molecule has 1 N–H and O–H groups in total. The molecule has 4 rings (SSSR count). The van der Waals surface area contributed by atoms with Gasteiger partial charge in [0.1, 0.15) is 10.8 Å². The molecular formula is C15H16N4S. The van der Waals surface area contributed by atoms with E-state index in [0.29, 0.717) is 6.04 Å². The number of imidazole rings is 1. The topological polar surface area (TPSA) is 42.7 Å². The molecule has 20 heavy (non-hydrogen) atoms. The Kier molecular flexibility index (Phi) is 2.57. The van der Waals surface area contributed by atoms with E-state index in [4.69, 9.17) is 4.98 Å². The van der Waals surface area contributed by atoms with Crippen molar-refractivity contribution in [3.8, 4) is 11.4 Å². The minimum absolute atomic E-state index is 0.599. The van der Waals surface area contributed by atoms with Crippen LogP contribution in [0, 0.1) is 6.92 Å². The van der Waals surface area contributed by atoms with Gasteiger partial charge in [-0.3, -0.25) is 0 Å². The molecule has 5 heteroatoms. The summed E-state index contributed by atoms with van der Waals surface area (Å²) in [6.45, 7) is 2.06. The van der Waals surface area contributed by atoms with Gasteiger partial charge in [-0.05, 0) is 43.4 Å². The first kappa shape index (κ1) is 11.9. The Hall–Kier alpha value is -1.88. The number of nitrogens with zero attached hydrogens (tertiary/aromatic N) is 3. The van der Waals surface area contributed by atoms with Crippen LogP contribution >= 0.6 is 11.5 Å². The third-order valence-electron chi connectivity index (χ3n) is 3.82. The zero-order valence-corrected chi connectivity index (χ0v) is 12.4. The van der Waals surface area contributed by atoms with Crippen LogP contribution in [0.4, 0.5) is 5.00 Å². The van der Waals surface area contributed by atoms with Crippen molar-refractivity contribution in [2.24, 2.45) is 0 Å². The van der Waals surface area contributed by atoms with Crippen molar-refractivity contribution in [3.05, 3.63) is 30.0 Å². The molecular weight excluding hydrogens is 268 g/mol. The molecule has 2 heterocycles. The average Bonchev–Trinajstić information content (AvgIpc) is 3.12. The standard InChI is InChI=1S/C15H16N4S/c1-9-13(15(16-2)20-18-9)14-17-11-5-3-4-6-12(11)19(14)10-7-8-10/h3-6,10,16H,7-8H2,1-2H3. The van der Waals surface area contributed by atoms with Gasteiger partial charge < -0.3 is 9.88 Å². The van der Waals surface area contributed by atoms with Gasteiger partial charge in [0.2, 0.25) is 0 Å². The number of aromatic nitrogens is 3. The van der Waals surface area contributed by atoms with Crippen LogP contribution in [0.3, 0.4) is 0 Å². The smallest absolute Gasteiger partial charge is 0.146 e. The van der Waals surface area contributed by atoms with E-state index in [-0.39, 0.29) is 0 Å². The van der Waals surface area contributed by atoms with Gasteiger partial charge >= 0.3 is 0 Å². The van der Waals surface area contributed by atoms with Gasteiger partial charge in [-0.2, -0.15) is 4.37 Å². The highest BCUT2D eigenvalue weighted by Crippen LogP contribution is 2.43. The van der Waals surface area contributed by atoms with Crippen molar-refractivity contribution >= 4 is 27.6 Å². The molecule has 0 radical (unpaired) electrons. The number of fused-ring (bicyclic) bond motifs is 1. The Morgan fingerprint density at radius 2 is 2.10 bits per heavy atom. The second kappa shape index (κ2) is 4.31. The number of nitrogens with one attached hydrogen (secondary N) is 1. The lowest BCUT2D eigenvalue weighted by Gasteiger charge is -2.08. The van der Waals surface area contributed by atoms with Crippen LogP contribution in [0.1, 0.15) is 24.6 Å². The lowest BCUT2D eigenvalue weighted by molar-refractivity contribution is 0.775. The zero-order chi connectivity index (χ0) is 13.7. The van der Waals surface area contributed by atoms with Crippen LogP contribution in [-0.4, -0.2) is 21.0 Å². The van der Waals surface area contributed by atoms with E-state index in [1.807, 2.05) is 13.1 Å². The summed E-state index contributed by atoms with van der Waals surface area (Å²) >= 11 is 1.51. The maximum Gasteiger partial charge on any atom is 0.146 e. The van der Waals surface area contributed by atoms with E-state index in [0.717, 1.165) is 27.6 Å². The molecule has 0 atom stereocenters. The predicted molar refractivity (Wildman–Crippen MR) is 83.4 cm³/mol. The highest BCUT2D eigenvalue weighted by atomic mass is 32.1. The first-order valence-electron chi connectivity index (χ1n) is 6.91. The van der Waals surface area contributed by atoms with Crippen LogP contribution in [0.5, 0.6) is 0 Å². The molecule has 3 aromatic rings. The molecule has 1 saturated carbocycles. The molecule has 0 spiro atoms. The summed E-state index contributed by atoms with van der Waals surface area (Å²) in [6, 6.07) is 8.99. The fourth-order valence-corrected chi connectivity index (χ4v) is 3.47. The summed E-state index contributed by atoms with van der Waals surface area (Å²) in [6.07, 6.45) is 2.50. The molecule has 0 aliphatic heterocycles. The van der Waals surface area contributed by atoms with E-state index in [1.165, 1.54) is 29.9 Å². The Morgan fingerprint density at radius 1 is 1.30 bits per heavy atom. The van der Waals surface area contributed by atoms with Crippen molar-refractivity contribution in [2.45, 2.75) is 25.8 Å². The van der Waals surface area contributed by atoms with Crippen LogP contribution in [0.2, 0.25) is 0 Å². The molecule has 4 nitrogen and oxygen atoms in total. The molecule has 0 bridgehead atoms. The van der Waals surface area contributed by atoms with E-state index >= 15 is 0 Å². The molecule has 2 aromatic heterocycles. The Balaban J connectivity index is 2.03. The van der Waals surface area contributed by atoms with E-state index in [9.17, 15) is 0 Å². The lowest BCUT2D eigenvalue weighted by atomic mass is 10.2. The highest BCUT2D eigenvalue weighted by molar-refractivity contribution is 7.10. The minimum Gasteiger partial charge on any atom is -0.378 e. The van der Waals surface area contributed by atoms with Crippen LogP contribution in [-0.2, 0) is 0 Å².